The Morgan fingerprint density at radius 2 is 2.07 bits per heavy atom. The third-order valence-electron chi connectivity index (χ3n) is 1.84. The van der Waals surface area contributed by atoms with Gasteiger partial charge in [0, 0.05) is 11.6 Å². The van der Waals surface area contributed by atoms with Crippen LogP contribution in [0.4, 0.5) is 8.78 Å². The molecule has 0 aliphatic carbocycles. The average Bonchev–Trinajstić information content (AvgIpc) is 2.10. The first kappa shape index (κ1) is 13.1. The molecule has 0 radical (unpaired) electrons. The highest BCUT2D eigenvalue weighted by atomic mass is 35.5. The quantitative estimate of drug-likeness (QED) is 0.826. The molecule has 0 saturated heterocycles. The normalized spacial score (nSPS) is 11.9. The van der Waals surface area contributed by atoms with E-state index in [9.17, 15) is 13.9 Å². The van der Waals surface area contributed by atoms with Crippen molar-refractivity contribution in [1.82, 2.24) is 0 Å². The molecule has 0 aliphatic rings. The number of hydrogen-bond donors (Lipinski definition) is 2. The molecule has 0 bridgehead atoms. The fraction of sp³-hybridized carbons (Fsp3) is 0.333. The summed E-state index contributed by atoms with van der Waals surface area (Å²) in [6, 6.07) is 3.39. The second kappa shape index (κ2) is 5.78. The number of hydrogen-bond acceptors (Lipinski definition) is 2. The van der Waals surface area contributed by atoms with Crippen molar-refractivity contribution < 1.29 is 13.9 Å². The van der Waals surface area contributed by atoms with Crippen LogP contribution in [0.1, 0.15) is 18.0 Å². The van der Waals surface area contributed by atoms with Crippen molar-refractivity contribution >= 4 is 12.4 Å². The van der Waals surface area contributed by atoms with Gasteiger partial charge in [0.05, 0.1) is 6.67 Å². The van der Waals surface area contributed by atoms with E-state index in [1.165, 1.54) is 12.1 Å². The molecule has 1 atom stereocenters. The van der Waals surface area contributed by atoms with Gasteiger partial charge in [0.2, 0.25) is 0 Å². The van der Waals surface area contributed by atoms with Gasteiger partial charge in [-0.05, 0) is 12.5 Å². The first-order valence-corrected chi connectivity index (χ1v) is 3.95. The van der Waals surface area contributed by atoms with Gasteiger partial charge in [-0.2, -0.15) is 0 Å². The van der Waals surface area contributed by atoms with Crippen LogP contribution in [-0.4, -0.2) is 11.8 Å². The number of nitrogens with two attached hydrogens (primary N) is 1. The molecule has 0 aliphatic heterocycles. The highest BCUT2D eigenvalue weighted by Crippen LogP contribution is 2.26. The fourth-order valence-electron chi connectivity index (χ4n) is 1.10. The Bertz CT molecular complexity index is 296. The average molecular weight is 224 g/mol. The zero-order valence-corrected chi connectivity index (χ0v) is 8.23. The largest absolute Gasteiger partial charge is 0.505 e. The number of para-hydroxylation sites is 1. The summed E-state index contributed by atoms with van der Waals surface area (Å²) in [4.78, 5) is 0. The lowest BCUT2D eigenvalue weighted by Gasteiger charge is -2.11. The van der Waals surface area contributed by atoms with Gasteiger partial charge in [-0.3, -0.25) is 4.39 Å². The van der Waals surface area contributed by atoms with Crippen LogP contribution in [0.3, 0.4) is 0 Å². The lowest BCUT2D eigenvalue weighted by molar-refractivity contribution is 0.404. The lowest BCUT2D eigenvalue weighted by atomic mass is 10.0. The standard InChI is InChI=1S/C9H11F2NO.ClH/c10-5-4-8(12)6-2-1-3-7(11)9(6)13;/h1-3,8,13H,4-5,12H2;1H/t8-;/m1./s1. The number of benzene rings is 1. The molecule has 0 amide bonds. The highest BCUT2D eigenvalue weighted by Gasteiger charge is 2.13. The molecule has 14 heavy (non-hydrogen) atoms. The van der Waals surface area contributed by atoms with Gasteiger partial charge in [-0.15, -0.1) is 12.4 Å². The second-order valence-corrected chi connectivity index (χ2v) is 2.76. The Labute approximate surface area is 87.1 Å². The van der Waals surface area contributed by atoms with Crippen LogP contribution in [0, 0.1) is 5.82 Å². The number of phenolic OH excluding ortho intramolecular Hbond substituents is 1. The Hall–Kier alpha value is -0.870. The minimum absolute atomic E-state index is 0. The summed E-state index contributed by atoms with van der Waals surface area (Å²) < 4.78 is 24.7. The molecule has 2 nitrogen and oxygen atoms in total. The maximum Gasteiger partial charge on any atom is 0.165 e. The third kappa shape index (κ3) is 2.82. The molecule has 1 aromatic rings. The fourth-order valence-corrected chi connectivity index (χ4v) is 1.10. The molecule has 3 N–H and O–H groups in total. The molecule has 0 spiro atoms. The first-order valence-electron chi connectivity index (χ1n) is 3.95. The monoisotopic (exact) mass is 223 g/mol. The first-order chi connectivity index (χ1) is 6.16. The van der Waals surface area contributed by atoms with Crippen LogP contribution in [0.25, 0.3) is 0 Å². The van der Waals surface area contributed by atoms with E-state index in [-0.39, 0.29) is 24.4 Å². The molecule has 80 valence electrons. The molecular formula is C9H12ClF2NO. The Balaban J connectivity index is 0.00000169. The van der Waals surface area contributed by atoms with E-state index in [4.69, 9.17) is 5.73 Å². The molecule has 5 heteroatoms. The zero-order chi connectivity index (χ0) is 9.84. The van der Waals surface area contributed by atoms with E-state index >= 15 is 0 Å². The van der Waals surface area contributed by atoms with E-state index in [1.807, 2.05) is 0 Å². The van der Waals surface area contributed by atoms with E-state index in [1.54, 1.807) is 0 Å². The van der Waals surface area contributed by atoms with Gasteiger partial charge < -0.3 is 10.8 Å². The Morgan fingerprint density at radius 3 is 2.64 bits per heavy atom. The Kier molecular flexibility index (Phi) is 5.42. The Morgan fingerprint density at radius 1 is 1.43 bits per heavy atom. The summed E-state index contributed by atoms with van der Waals surface area (Å²) in [6.07, 6.45) is 0.0804. The van der Waals surface area contributed by atoms with Crippen LogP contribution in [0.2, 0.25) is 0 Å². The van der Waals surface area contributed by atoms with Crippen molar-refractivity contribution in [2.45, 2.75) is 12.5 Å². The maximum atomic E-state index is 12.8. The molecule has 1 rings (SSSR count). The van der Waals surface area contributed by atoms with Gasteiger partial charge in [0.1, 0.15) is 0 Å². The molecule has 0 unspecified atom stereocenters. The number of rotatable bonds is 3. The third-order valence-corrected chi connectivity index (χ3v) is 1.84. The van der Waals surface area contributed by atoms with Crippen LogP contribution in [0.15, 0.2) is 18.2 Å². The van der Waals surface area contributed by atoms with E-state index in [2.05, 4.69) is 0 Å². The van der Waals surface area contributed by atoms with Crippen LogP contribution in [-0.2, 0) is 0 Å². The number of alkyl halides is 1. The van der Waals surface area contributed by atoms with E-state index in [0.717, 1.165) is 6.07 Å². The van der Waals surface area contributed by atoms with Crippen LogP contribution < -0.4 is 5.73 Å². The van der Waals surface area contributed by atoms with Crippen molar-refractivity contribution in [2.75, 3.05) is 6.67 Å². The van der Waals surface area contributed by atoms with Crippen molar-refractivity contribution in [3.8, 4) is 5.75 Å². The van der Waals surface area contributed by atoms with E-state index < -0.39 is 24.3 Å². The van der Waals surface area contributed by atoms with Crippen molar-refractivity contribution in [3.63, 3.8) is 0 Å². The van der Waals surface area contributed by atoms with Gasteiger partial charge in [-0.25, -0.2) is 4.39 Å². The molecule has 0 saturated carbocycles. The van der Waals surface area contributed by atoms with Gasteiger partial charge in [-0.1, -0.05) is 12.1 Å². The molecule has 0 aromatic heterocycles. The van der Waals surface area contributed by atoms with Gasteiger partial charge >= 0.3 is 0 Å². The van der Waals surface area contributed by atoms with E-state index in [0.29, 0.717) is 0 Å². The van der Waals surface area contributed by atoms with Crippen molar-refractivity contribution in [3.05, 3.63) is 29.6 Å². The maximum absolute atomic E-state index is 12.8. The van der Waals surface area contributed by atoms with Crippen molar-refractivity contribution in [2.24, 2.45) is 5.73 Å². The summed E-state index contributed by atoms with van der Waals surface area (Å²) in [6.45, 7) is -0.586. The number of aromatic hydroxyl groups is 1. The smallest absolute Gasteiger partial charge is 0.165 e. The molecule has 0 fully saturated rings. The minimum atomic E-state index is -0.730. The topological polar surface area (TPSA) is 46.2 Å². The number of halogens is 3. The SMILES string of the molecule is Cl.N[C@H](CCF)c1cccc(F)c1O. The summed E-state index contributed by atoms with van der Waals surface area (Å²) in [5, 5.41) is 9.22. The minimum Gasteiger partial charge on any atom is -0.505 e. The summed E-state index contributed by atoms with van der Waals surface area (Å²) in [5.41, 5.74) is 5.76. The lowest BCUT2D eigenvalue weighted by Crippen LogP contribution is -2.11. The predicted molar refractivity (Wildman–Crippen MR) is 52.8 cm³/mol. The molecular weight excluding hydrogens is 212 g/mol. The predicted octanol–water partition coefficient (Wildman–Crippen LogP) is 2.31. The summed E-state index contributed by atoms with van der Waals surface area (Å²) >= 11 is 0. The van der Waals surface area contributed by atoms with Crippen LogP contribution >= 0.6 is 12.4 Å². The summed E-state index contributed by atoms with van der Waals surface area (Å²) in [7, 11) is 0. The molecule has 1 aromatic carbocycles. The molecule has 0 heterocycles. The van der Waals surface area contributed by atoms with Gasteiger partial charge in [0.15, 0.2) is 11.6 Å². The number of phenols is 1. The van der Waals surface area contributed by atoms with Crippen molar-refractivity contribution in [1.29, 1.82) is 0 Å². The second-order valence-electron chi connectivity index (χ2n) is 2.76. The van der Waals surface area contributed by atoms with Gasteiger partial charge in [0.25, 0.3) is 0 Å². The van der Waals surface area contributed by atoms with Crippen LogP contribution in [0.5, 0.6) is 5.75 Å². The zero-order valence-electron chi connectivity index (χ0n) is 7.41. The highest BCUT2D eigenvalue weighted by molar-refractivity contribution is 5.85. The summed E-state index contributed by atoms with van der Waals surface area (Å²) in [5.74, 6) is -1.21.